The molecule has 1 aliphatic carbocycles. The molecule has 3 aromatic rings. The summed E-state index contributed by atoms with van der Waals surface area (Å²) in [7, 11) is 1.86. The van der Waals surface area contributed by atoms with Gasteiger partial charge in [0.25, 0.3) is 5.91 Å². The van der Waals surface area contributed by atoms with Crippen molar-refractivity contribution < 1.29 is 14.0 Å². The van der Waals surface area contributed by atoms with E-state index >= 15 is 0 Å². The average Bonchev–Trinajstić information content (AvgIpc) is 2.88. The Bertz CT molecular complexity index is 1230. The fourth-order valence-electron chi connectivity index (χ4n) is 4.98. The number of amides is 2. The molecule has 2 heterocycles. The molecular weight excluding hydrogens is 443 g/mol. The summed E-state index contributed by atoms with van der Waals surface area (Å²) in [6, 6.07) is 16.5. The summed E-state index contributed by atoms with van der Waals surface area (Å²) in [5.74, 6) is -0.245. The quantitative estimate of drug-likeness (QED) is 0.618. The number of rotatable bonds is 5. The van der Waals surface area contributed by atoms with Crippen molar-refractivity contribution in [3.8, 4) is 11.3 Å². The van der Waals surface area contributed by atoms with Gasteiger partial charge in [-0.2, -0.15) is 0 Å². The SMILES string of the molecule is CN(C(=O)c1ccc(-c2ccc(F)cc2)nc1)[C@H]1CCc2cc(CN3CCNC(=O)C3)ccc2C1. The highest BCUT2D eigenvalue weighted by Crippen LogP contribution is 2.27. The number of fused-ring (bicyclic) bond motifs is 1. The van der Waals surface area contributed by atoms with Gasteiger partial charge >= 0.3 is 0 Å². The third-order valence-electron chi connectivity index (χ3n) is 7.02. The lowest BCUT2D eigenvalue weighted by Gasteiger charge is -2.33. The van der Waals surface area contributed by atoms with Crippen LogP contribution in [0.4, 0.5) is 4.39 Å². The van der Waals surface area contributed by atoms with Gasteiger partial charge in [-0.05, 0) is 72.4 Å². The second kappa shape index (κ2) is 9.96. The van der Waals surface area contributed by atoms with Crippen LogP contribution in [0.5, 0.6) is 0 Å². The predicted octanol–water partition coefficient (Wildman–Crippen LogP) is 3.45. The molecule has 1 aliphatic heterocycles. The number of carbonyl (C=O) groups excluding carboxylic acids is 2. The molecule has 2 aliphatic rings. The predicted molar refractivity (Wildman–Crippen MR) is 132 cm³/mol. The standard InChI is InChI=1S/C28H29FN4O2/c1-32(28(35)23-7-11-26(31-16-23)20-4-8-24(29)9-5-20)25-10-6-21-14-19(2-3-22(21)15-25)17-33-13-12-30-27(34)18-33/h2-5,7-9,11,14,16,25H,6,10,12-13,15,17-18H2,1H3,(H,30,34)/t25-/m0/s1. The van der Waals surface area contributed by atoms with Crippen molar-refractivity contribution in [2.75, 3.05) is 26.7 Å². The van der Waals surface area contributed by atoms with E-state index in [2.05, 4.69) is 33.4 Å². The minimum absolute atomic E-state index is 0.0448. The molecule has 2 aromatic carbocycles. The summed E-state index contributed by atoms with van der Waals surface area (Å²) in [4.78, 5) is 33.2. The lowest BCUT2D eigenvalue weighted by molar-refractivity contribution is -0.124. The Balaban J connectivity index is 1.22. The maximum absolute atomic E-state index is 13.2. The van der Waals surface area contributed by atoms with E-state index in [1.54, 1.807) is 30.5 Å². The number of hydrogen-bond donors (Lipinski definition) is 1. The van der Waals surface area contributed by atoms with Gasteiger partial charge in [0, 0.05) is 44.5 Å². The first-order valence-corrected chi connectivity index (χ1v) is 12.0. The largest absolute Gasteiger partial charge is 0.354 e. The first-order valence-electron chi connectivity index (χ1n) is 12.0. The summed E-state index contributed by atoms with van der Waals surface area (Å²) in [5.41, 5.74) is 5.92. The summed E-state index contributed by atoms with van der Waals surface area (Å²) in [6.07, 6.45) is 4.26. The van der Waals surface area contributed by atoms with Crippen LogP contribution in [-0.2, 0) is 24.2 Å². The molecular formula is C28H29FN4O2. The van der Waals surface area contributed by atoms with Crippen molar-refractivity contribution >= 4 is 11.8 Å². The van der Waals surface area contributed by atoms with E-state index in [1.165, 1.54) is 28.8 Å². The van der Waals surface area contributed by atoms with Gasteiger partial charge < -0.3 is 10.2 Å². The molecule has 1 N–H and O–H groups in total. The molecule has 1 saturated heterocycles. The lowest BCUT2D eigenvalue weighted by Crippen LogP contribution is -2.47. The second-order valence-corrected chi connectivity index (χ2v) is 9.42. The number of aryl methyl sites for hydroxylation is 1. The van der Waals surface area contributed by atoms with Crippen molar-refractivity contribution in [3.05, 3.63) is 88.9 Å². The minimum atomic E-state index is -0.288. The number of halogens is 1. The van der Waals surface area contributed by atoms with Gasteiger partial charge in [0.1, 0.15) is 5.82 Å². The third-order valence-corrected chi connectivity index (χ3v) is 7.02. The van der Waals surface area contributed by atoms with Gasteiger partial charge in [0.2, 0.25) is 5.91 Å². The van der Waals surface area contributed by atoms with E-state index in [9.17, 15) is 14.0 Å². The molecule has 7 heteroatoms. The fourth-order valence-corrected chi connectivity index (χ4v) is 4.98. The van der Waals surface area contributed by atoms with E-state index < -0.39 is 0 Å². The maximum atomic E-state index is 13.2. The van der Waals surface area contributed by atoms with Crippen LogP contribution in [0.2, 0.25) is 0 Å². The van der Waals surface area contributed by atoms with Crippen molar-refractivity contribution in [1.82, 2.24) is 20.1 Å². The molecule has 35 heavy (non-hydrogen) atoms. The highest BCUT2D eigenvalue weighted by molar-refractivity contribution is 5.94. The van der Waals surface area contributed by atoms with E-state index in [-0.39, 0.29) is 23.7 Å². The van der Waals surface area contributed by atoms with Crippen LogP contribution in [0, 0.1) is 5.82 Å². The van der Waals surface area contributed by atoms with Crippen LogP contribution >= 0.6 is 0 Å². The average molecular weight is 473 g/mol. The first-order chi connectivity index (χ1) is 17.0. The zero-order valence-corrected chi connectivity index (χ0v) is 19.8. The number of likely N-dealkylation sites (N-methyl/N-ethyl adjacent to an activating group) is 1. The van der Waals surface area contributed by atoms with E-state index in [0.717, 1.165) is 37.9 Å². The molecule has 180 valence electrons. The van der Waals surface area contributed by atoms with Crippen molar-refractivity contribution in [1.29, 1.82) is 0 Å². The summed E-state index contributed by atoms with van der Waals surface area (Å²) >= 11 is 0. The van der Waals surface area contributed by atoms with E-state index in [4.69, 9.17) is 0 Å². The number of aromatic nitrogens is 1. The van der Waals surface area contributed by atoms with Gasteiger partial charge in [0.05, 0.1) is 17.8 Å². The van der Waals surface area contributed by atoms with Crippen LogP contribution in [0.15, 0.2) is 60.8 Å². The smallest absolute Gasteiger partial charge is 0.255 e. The fraction of sp³-hybridized carbons (Fsp3) is 0.321. The minimum Gasteiger partial charge on any atom is -0.354 e. The molecule has 6 nitrogen and oxygen atoms in total. The van der Waals surface area contributed by atoms with Crippen LogP contribution in [0.25, 0.3) is 11.3 Å². The number of nitrogens with zero attached hydrogens (tertiary/aromatic N) is 3. The summed E-state index contributed by atoms with van der Waals surface area (Å²) in [6.45, 7) is 2.81. The van der Waals surface area contributed by atoms with Gasteiger partial charge in [-0.3, -0.25) is 19.5 Å². The monoisotopic (exact) mass is 472 g/mol. The molecule has 0 unspecified atom stereocenters. The normalized spacial score (nSPS) is 18.0. The van der Waals surface area contributed by atoms with Gasteiger partial charge in [-0.15, -0.1) is 0 Å². The van der Waals surface area contributed by atoms with Crippen molar-refractivity contribution in [2.45, 2.75) is 31.8 Å². The Labute approximate surface area is 204 Å². The Morgan fingerprint density at radius 3 is 2.71 bits per heavy atom. The highest BCUT2D eigenvalue weighted by Gasteiger charge is 2.26. The van der Waals surface area contributed by atoms with Gasteiger partial charge in [-0.25, -0.2) is 4.39 Å². The Hall–Kier alpha value is -3.58. The number of piperazine rings is 1. The lowest BCUT2D eigenvalue weighted by atomic mass is 9.86. The molecule has 0 saturated carbocycles. The van der Waals surface area contributed by atoms with Crippen molar-refractivity contribution in [2.24, 2.45) is 0 Å². The molecule has 1 atom stereocenters. The number of benzene rings is 2. The van der Waals surface area contributed by atoms with Crippen LogP contribution in [0.1, 0.15) is 33.5 Å². The van der Waals surface area contributed by atoms with Crippen molar-refractivity contribution in [3.63, 3.8) is 0 Å². The van der Waals surface area contributed by atoms with E-state index in [1.807, 2.05) is 11.9 Å². The molecule has 1 fully saturated rings. The Morgan fingerprint density at radius 2 is 1.97 bits per heavy atom. The molecule has 2 amide bonds. The molecule has 5 rings (SSSR count). The third kappa shape index (κ3) is 5.25. The second-order valence-electron chi connectivity index (χ2n) is 9.42. The topological polar surface area (TPSA) is 65.5 Å². The highest BCUT2D eigenvalue weighted by atomic mass is 19.1. The van der Waals surface area contributed by atoms with Gasteiger partial charge in [-0.1, -0.05) is 18.2 Å². The maximum Gasteiger partial charge on any atom is 0.255 e. The zero-order chi connectivity index (χ0) is 24.4. The number of nitrogens with one attached hydrogen (secondary N) is 1. The Morgan fingerprint density at radius 1 is 1.14 bits per heavy atom. The molecule has 1 aromatic heterocycles. The summed E-state index contributed by atoms with van der Waals surface area (Å²) < 4.78 is 13.2. The van der Waals surface area contributed by atoms with Gasteiger partial charge in [0.15, 0.2) is 0 Å². The number of hydrogen-bond acceptors (Lipinski definition) is 4. The molecule has 0 radical (unpaired) electrons. The van der Waals surface area contributed by atoms with Crippen LogP contribution < -0.4 is 5.32 Å². The molecule has 0 bridgehead atoms. The molecule has 0 spiro atoms. The van der Waals surface area contributed by atoms with E-state index in [0.29, 0.717) is 24.3 Å². The number of carbonyl (C=O) groups is 2. The number of pyridine rings is 1. The first kappa shape index (κ1) is 23.2. The zero-order valence-electron chi connectivity index (χ0n) is 19.8. The summed E-state index contributed by atoms with van der Waals surface area (Å²) in [5, 5.41) is 2.87. The van der Waals surface area contributed by atoms with Crippen LogP contribution in [-0.4, -0.2) is 59.3 Å². The van der Waals surface area contributed by atoms with Crippen LogP contribution in [0.3, 0.4) is 0 Å². The Kier molecular flexibility index (Phi) is 6.59.